The van der Waals surface area contributed by atoms with E-state index in [1.54, 1.807) is 0 Å². The molecular weight excluding hydrogens is 258 g/mol. The molecule has 2 heteroatoms. The number of nitrogens with one attached hydrogen (secondary N) is 1. The van der Waals surface area contributed by atoms with Crippen molar-refractivity contribution in [1.82, 2.24) is 0 Å². The highest BCUT2D eigenvalue weighted by atomic mass is 16.5. The standard InChI is InChI=1S/C19H23NO/c1-2-12-21-19-10-6-15(7-11-19)14-20-18-9-8-16-4-3-5-17(16)13-18/h6-11,13,20H,2-5,12,14H2,1H3. The van der Waals surface area contributed by atoms with Gasteiger partial charge in [-0.1, -0.05) is 25.1 Å². The van der Waals surface area contributed by atoms with Gasteiger partial charge in [-0.05, 0) is 66.6 Å². The van der Waals surface area contributed by atoms with Crippen molar-refractivity contribution in [3.8, 4) is 5.75 Å². The number of ether oxygens (including phenoxy) is 1. The summed E-state index contributed by atoms with van der Waals surface area (Å²) in [4.78, 5) is 0. The largest absolute Gasteiger partial charge is 0.494 e. The third-order valence-corrected chi connectivity index (χ3v) is 3.99. The van der Waals surface area contributed by atoms with Gasteiger partial charge in [-0.25, -0.2) is 0 Å². The van der Waals surface area contributed by atoms with E-state index >= 15 is 0 Å². The average molecular weight is 281 g/mol. The quantitative estimate of drug-likeness (QED) is 0.837. The Bertz CT molecular complexity index is 589. The fourth-order valence-corrected chi connectivity index (χ4v) is 2.81. The number of aryl methyl sites for hydroxylation is 2. The first kappa shape index (κ1) is 14.0. The van der Waals surface area contributed by atoms with Crippen LogP contribution in [0.15, 0.2) is 42.5 Å². The van der Waals surface area contributed by atoms with E-state index in [1.165, 1.54) is 41.6 Å². The van der Waals surface area contributed by atoms with E-state index in [-0.39, 0.29) is 0 Å². The maximum atomic E-state index is 5.60. The Morgan fingerprint density at radius 1 is 1.00 bits per heavy atom. The molecule has 0 radical (unpaired) electrons. The second-order valence-corrected chi connectivity index (χ2v) is 5.68. The van der Waals surface area contributed by atoms with E-state index in [1.807, 2.05) is 0 Å². The van der Waals surface area contributed by atoms with Crippen LogP contribution in [0.5, 0.6) is 5.75 Å². The van der Waals surface area contributed by atoms with Crippen LogP contribution >= 0.6 is 0 Å². The minimum absolute atomic E-state index is 0.784. The molecule has 0 saturated carbocycles. The van der Waals surface area contributed by atoms with Gasteiger partial charge in [0.05, 0.1) is 6.61 Å². The van der Waals surface area contributed by atoms with Crippen LogP contribution in [0.2, 0.25) is 0 Å². The summed E-state index contributed by atoms with van der Waals surface area (Å²) in [6.07, 6.45) is 4.82. The molecule has 0 aliphatic heterocycles. The molecule has 2 aromatic carbocycles. The third-order valence-electron chi connectivity index (χ3n) is 3.99. The SMILES string of the molecule is CCCOc1ccc(CNc2ccc3c(c2)CCC3)cc1. The van der Waals surface area contributed by atoms with E-state index in [0.717, 1.165) is 25.3 Å². The van der Waals surface area contributed by atoms with Crippen LogP contribution < -0.4 is 10.1 Å². The van der Waals surface area contributed by atoms with Crippen molar-refractivity contribution in [2.75, 3.05) is 11.9 Å². The Balaban J connectivity index is 1.57. The van der Waals surface area contributed by atoms with Crippen molar-refractivity contribution < 1.29 is 4.74 Å². The molecular formula is C19H23NO. The summed E-state index contributed by atoms with van der Waals surface area (Å²) < 4.78 is 5.60. The fraction of sp³-hybridized carbons (Fsp3) is 0.368. The van der Waals surface area contributed by atoms with Crippen LogP contribution in [-0.2, 0) is 19.4 Å². The first-order chi connectivity index (χ1) is 10.3. The number of fused-ring (bicyclic) bond motifs is 1. The van der Waals surface area contributed by atoms with E-state index in [4.69, 9.17) is 4.74 Å². The maximum Gasteiger partial charge on any atom is 0.119 e. The molecule has 3 rings (SSSR count). The molecule has 0 atom stereocenters. The minimum Gasteiger partial charge on any atom is -0.494 e. The highest BCUT2D eigenvalue weighted by Crippen LogP contribution is 2.25. The first-order valence-electron chi connectivity index (χ1n) is 7.92. The average Bonchev–Trinajstić information content (AvgIpc) is 2.99. The molecule has 2 aromatic rings. The molecule has 1 N–H and O–H groups in total. The van der Waals surface area contributed by atoms with E-state index < -0.39 is 0 Å². The number of anilines is 1. The highest BCUT2D eigenvalue weighted by molar-refractivity contribution is 5.50. The molecule has 0 heterocycles. The molecule has 0 unspecified atom stereocenters. The number of hydrogen-bond donors (Lipinski definition) is 1. The van der Waals surface area contributed by atoms with Crippen molar-refractivity contribution >= 4 is 5.69 Å². The zero-order valence-corrected chi connectivity index (χ0v) is 12.7. The first-order valence-corrected chi connectivity index (χ1v) is 7.92. The van der Waals surface area contributed by atoms with Gasteiger partial charge in [0.2, 0.25) is 0 Å². The van der Waals surface area contributed by atoms with Gasteiger partial charge in [-0.3, -0.25) is 0 Å². The molecule has 1 aliphatic carbocycles. The molecule has 0 saturated heterocycles. The van der Waals surface area contributed by atoms with E-state index in [0.29, 0.717) is 0 Å². The van der Waals surface area contributed by atoms with Crippen LogP contribution in [0.4, 0.5) is 5.69 Å². The molecule has 0 fully saturated rings. The van der Waals surface area contributed by atoms with Crippen molar-refractivity contribution in [1.29, 1.82) is 0 Å². The van der Waals surface area contributed by atoms with E-state index in [2.05, 4.69) is 54.7 Å². The van der Waals surface area contributed by atoms with Crippen molar-refractivity contribution in [3.63, 3.8) is 0 Å². The van der Waals surface area contributed by atoms with Gasteiger partial charge in [-0.2, -0.15) is 0 Å². The van der Waals surface area contributed by atoms with Crippen LogP contribution in [0, 0.1) is 0 Å². The lowest BCUT2D eigenvalue weighted by Crippen LogP contribution is -2.00. The molecule has 0 spiro atoms. The predicted molar refractivity (Wildman–Crippen MR) is 88.0 cm³/mol. The zero-order valence-electron chi connectivity index (χ0n) is 12.7. The van der Waals surface area contributed by atoms with Crippen LogP contribution in [0.1, 0.15) is 36.5 Å². The lowest BCUT2D eigenvalue weighted by Gasteiger charge is -2.10. The van der Waals surface area contributed by atoms with Gasteiger partial charge >= 0.3 is 0 Å². The van der Waals surface area contributed by atoms with Crippen LogP contribution in [-0.4, -0.2) is 6.61 Å². The summed E-state index contributed by atoms with van der Waals surface area (Å²) in [5, 5.41) is 3.51. The molecule has 2 nitrogen and oxygen atoms in total. The highest BCUT2D eigenvalue weighted by Gasteiger charge is 2.10. The van der Waals surface area contributed by atoms with Gasteiger partial charge in [0.15, 0.2) is 0 Å². The zero-order chi connectivity index (χ0) is 14.5. The summed E-state index contributed by atoms with van der Waals surface area (Å²) >= 11 is 0. The third kappa shape index (κ3) is 3.57. The molecule has 0 aromatic heterocycles. The summed E-state index contributed by atoms with van der Waals surface area (Å²) in [5.74, 6) is 0.957. The summed E-state index contributed by atoms with van der Waals surface area (Å²) in [6.45, 7) is 3.76. The predicted octanol–water partition coefficient (Wildman–Crippen LogP) is 4.58. The molecule has 110 valence electrons. The summed E-state index contributed by atoms with van der Waals surface area (Å²) in [5.41, 5.74) is 5.54. The van der Waals surface area contributed by atoms with Crippen molar-refractivity contribution in [3.05, 3.63) is 59.2 Å². The number of rotatable bonds is 6. The number of benzene rings is 2. The van der Waals surface area contributed by atoms with Gasteiger partial charge in [0, 0.05) is 12.2 Å². The van der Waals surface area contributed by atoms with E-state index in [9.17, 15) is 0 Å². The van der Waals surface area contributed by atoms with Gasteiger partial charge in [-0.15, -0.1) is 0 Å². The van der Waals surface area contributed by atoms with Gasteiger partial charge < -0.3 is 10.1 Å². The van der Waals surface area contributed by atoms with Gasteiger partial charge in [0.25, 0.3) is 0 Å². The summed E-state index contributed by atoms with van der Waals surface area (Å²) in [6, 6.07) is 15.1. The van der Waals surface area contributed by atoms with Crippen molar-refractivity contribution in [2.45, 2.75) is 39.2 Å². The Morgan fingerprint density at radius 2 is 1.81 bits per heavy atom. The minimum atomic E-state index is 0.784. The van der Waals surface area contributed by atoms with Crippen LogP contribution in [0.3, 0.4) is 0 Å². The monoisotopic (exact) mass is 281 g/mol. The molecule has 0 bridgehead atoms. The number of hydrogen-bond acceptors (Lipinski definition) is 2. The smallest absolute Gasteiger partial charge is 0.119 e. The molecule has 0 amide bonds. The molecule has 21 heavy (non-hydrogen) atoms. The Labute approximate surface area is 127 Å². The second kappa shape index (κ2) is 6.66. The summed E-state index contributed by atoms with van der Waals surface area (Å²) in [7, 11) is 0. The van der Waals surface area contributed by atoms with Gasteiger partial charge in [0.1, 0.15) is 5.75 Å². The Hall–Kier alpha value is -1.96. The lowest BCUT2D eigenvalue weighted by atomic mass is 10.1. The molecule has 1 aliphatic rings. The lowest BCUT2D eigenvalue weighted by molar-refractivity contribution is 0.317. The fourth-order valence-electron chi connectivity index (χ4n) is 2.81. The maximum absolute atomic E-state index is 5.60. The van der Waals surface area contributed by atoms with Crippen molar-refractivity contribution in [2.24, 2.45) is 0 Å². The second-order valence-electron chi connectivity index (χ2n) is 5.68. The Kier molecular flexibility index (Phi) is 4.44. The van der Waals surface area contributed by atoms with Crippen LogP contribution in [0.25, 0.3) is 0 Å². The normalized spacial score (nSPS) is 13.0. The topological polar surface area (TPSA) is 21.3 Å². The Morgan fingerprint density at radius 3 is 2.62 bits per heavy atom.